The van der Waals surface area contributed by atoms with Gasteiger partial charge < -0.3 is 5.11 Å². The van der Waals surface area contributed by atoms with Gasteiger partial charge in [0.25, 0.3) is 5.91 Å². The molecule has 3 heterocycles. The lowest BCUT2D eigenvalue weighted by atomic mass is 9.96. The predicted molar refractivity (Wildman–Crippen MR) is 132 cm³/mol. The second-order valence-corrected chi connectivity index (χ2v) is 9.09. The van der Waals surface area contributed by atoms with E-state index in [0.717, 1.165) is 11.1 Å². The van der Waals surface area contributed by atoms with Gasteiger partial charge in [0.05, 0.1) is 22.2 Å². The Morgan fingerprint density at radius 3 is 2.53 bits per heavy atom. The molecule has 0 fully saturated rings. The maximum absolute atomic E-state index is 13.8. The van der Waals surface area contributed by atoms with E-state index in [9.17, 15) is 14.7 Å². The number of thiazole rings is 1. The van der Waals surface area contributed by atoms with Gasteiger partial charge in [0.1, 0.15) is 5.01 Å². The summed E-state index contributed by atoms with van der Waals surface area (Å²) in [6.07, 6.45) is 3.24. The third-order valence-corrected chi connectivity index (χ3v) is 6.96. The Bertz CT molecular complexity index is 1430. The average molecular weight is 468 g/mol. The van der Waals surface area contributed by atoms with E-state index in [1.54, 1.807) is 37.5 Å². The van der Waals surface area contributed by atoms with Gasteiger partial charge in [0.15, 0.2) is 5.76 Å². The molecule has 1 amide bonds. The molecule has 7 heteroatoms. The number of Topliss-reactive ketones (excluding diaryl/α,β-unsaturated/α-hetero) is 1. The third-order valence-electron chi connectivity index (χ3n) is 5.76. The average Bonchev–Trinajstić information content (AvgIpc) is 3.37. The Labute approximate surface area is 200 Å². The van der Waals surface area contributed by atoms with Crippen molar-refractivity contribution in [3.8, 4) is 10.6 Å². The summed E-state index contributed by atoms with van der Waals surface area (Å²) >= 11 is 1.26. The molecule has 1 aliphatic heterocycles. The third kappa shape index (κ3) is 3.70. The molecular formula is C27H21N3O3S. The summed E-state index contributed by atoms with van der Waals surface area (Å²) in [5.41, 5.74) is 3.68. The van der Waals surface area contributed by atoms with Gasteiger partial charge in [-0.15, -0.1) is 11.3 Å². The zero-order valence-electron chi connectivity index (χ0n) is 18.6. The molecule has 0 radical (unpaired) electrons. The number of aryl methyl sites for hydroxylation is 2. The normalized spacial score (nSPS) is 15.8. The highest BCUT2D eigenvalue weighted by Gasteiger charge is 2.45. The highest BCUT2D eigenvalue weighted by atomic mass is 32.1. The van der Waals surface area contributed by atoms with Crippen LogP contribution in [-0.2, 0) is 4.79 Å². The van der Waals surface area contributed by atoms with Gasteiger partial charge in [-0.2, -0.15) is 0 Å². The molecule has 0 spiro atoms. The first kappa shape index (κ1) is 21.7. The van der Waals surface area contributed by atoms with E-state index >= 15 is 0 Å². The first-order chi connectivity index (χ1) is 16.5. The van der Waals surface area contributed by atoms with Gasteiger partial charge in [-0.25, -0.2) is 4.98 Å². The number of pyridine rings is 1. The van der Waals surface area contributed by atoms with E-state index in [4.69, 9.17) is 0 Å². The van der Waals surface area contributed by atoms with E-state index in [-0.39, 0.29) is 5.57 Å². The van der Waals surface area contributed by atoms with Crippen LogP contribution >= 0.6 is 11.3 Å². The molecule has 6 nitrogen and oxygen atoms in total. The fourth-order valence-electron chi connectivity index (χ4n) is 4.17. The number of carbonyl (C=O) groups excluding carboxylic acids is 2. The number of aromatic nitrogens is 2. The Morgan fingerprint density at radius 2 is 1.82 bits per heavy atom. The van der Waals surface area contributed by atoms with Crippen LogP contribution in [0.15, 0.2) is 90.5 Å². The number of hydrogen-bond acceptors (Lipinski definition) is 6. The summed E-state index contributed by atoms with van der Waals surface area (Å²) < 4.78 is 0. The lowest BCUT2D eigenvalue weighted by Gasteiger charge is -2.26. The van der Waals surface area contributed by atoms with Crippen LogP contribution in [0.4, 0.5) is 5.69 Å². The zero-order valence-corrected chi connectivity index (χ0v) is 19.4. The first-order valence-electron chi connectivity index (χ1n) is 10.8. The quantitative estimate of drug-likeness (QED) is 0.386. The lowest BCUT2D eigenvalue weighted by molar-refractivity contribution is -0.117. The Kier molecular flexibility index (Phi) is 5.55. The first-order valence-corrected chi connectivity index (χ1v) is 11.6. The van der Waals surface area contributed by atoms with Gasteiger partial charge in [-0.1, -0.05) is 48.5 Å². The molecule has 2 aromatic heterocycles. The van der Waals surface area contributed by atoms with Crippen LogP contribution in [0.1, 0.15) is 32.5 Å². The summed E-state index contributed by atoms with van der Waals surface area (Å²) in [5, 5.41) is 11.7. The number of anilines is 1. The molecule has 1 N–H and O–H groups in total. The summed E-state index contributed by atoms with van der Waals surface area (Å²) in [6.45, 7) is 3.69. The summed E-state index contributed by atoms with van der Waals surface area (Å²) in [5.74, 6) is -1.57. The minimum absolute atomic E-state index is 0.0332. The van der Waals surface area contributed by atoms with Crippen molar-refractivity contribution >= 4 is 28.7 Å². The second kappa shape index (κ2) is 8.68. The minimum atomic E-state index is -0.808. The van der Waals surface area contributed by atoms with Crippen molar-refractivity contribution in [3.05, 3.63) is 112 Å². The maximum Gasteiger partial charge on any atom is 0.294 e. The number of ketones is 1. The molecule has 1 unspecified atom stereocenters. The van der Waals surface area contributed by atoms with Crippen LogP contribution in [0, 0.1) is 13.8 Å². The van der Waals surface area contributed by atoms with E-state index in [1.807, 2.05) is 55.5 Å². The molecule has 0 aliphatic carbocycles. The van der Waals surface area contributed by atoms with Crippen molar-refractivity contribution in [3.63, 3.8) is 0 Å². The van der Waals surface area contributed by atoms with Crippen molar-refractivity contribution in [1.29, 1.82) is 0 Å². The number of rotatable bonds is 5. The van der Waals surface area contributed by atoms with Crippen LogP contribution in [0.25, 0.3) is 10.6 Å². The van der Waals surface area contributed by atoms with E-state index in [0.29, 0.717) is 26.8 Å². The molecule has 2 aromatic carbocycles. The van der Waals surface area contributed by atoms with Crippen LogP contribution in [-0.4, -0.2) is 26.8 Å². The predicted octanol–water partition coefficient (Wildman–Crippen LogP) is 5.60. The Hall–Kier alpha value is -4.10. The molecule has 168 valence electrons. The SMILES string of the molecule is Cc1cccc(N2C(=O)C(O)=C(C(=O)c3sc(-c4ccccc4)nc3C)C2c2cccnc2)c1. The molecule has 5 rings (SSSR count). The minimum Gasteiger partial charge on any atom is -0.503 e. The lowest BCUT2D eigenvalue weighted by Crippen LogP contribution is -2.31. The standard InChI is InChI=1S/C27H21N3O3S/c1-16-8-6-12-20(14-16)30-22(19-11-7-13-28-15-19)21(24(32)27(30)33)23(31)25-17(2)29-26(34-25)18-9-4-3-5-10-18/h3-15,22,32H,1-2H3. The van der Waals surface area contributed by atoms with Gasteiger partial charge in [0, 0.05) is 23.6 Å². The summed E-state index contributed by atoms with van der Waals surface area (Å²) in [7, 11) is 0. The fraction of sp³-hybridized carbons (Fsp3) is 0.111. The largest absolute Gasteiger partial charge is 0.503 e. The Morgan fingerprint density at radius 1 is 1.03 bits per heavy atom. The molecule has 0 bridgehead atoms. The highest BCUT2D eigenvalue weighted by molar-refractivity contribution is 7.17. The second-order valence-electron chi connectivity index (χ2n) is 8.09. The van der Waals surface area contributed by atoms with Gasteiger partial charge in [0.2, 0.25) is 5.78 Å². The van der Waals surface area contributed by atoms with Crippen LogP contribution < -0.4 is 4.90 Å². The van der Waals surface area contributed by atoms with Crippen molar-refractivity contribution in [1.82, 2.24) is 9.97 Å². The van der Waals surface area contributed by atoms with Crippen molar-refractivity contribution in [2.75, 3.05) is 4.90 Å². The summed E-state index contributed by atoms with van der Waals surface area (Å²) in [6, 6.07) is 19.8. The van der Waals surface area contributed by atoms with Gasteiger partial charge in [-0.3, -0.25) is 19.5 Å². The zero-order chi connectivity index (χ0) is 23.8. The molecule has 1 aliphatic rings. The fourth-order valence-corrected chi connectivity index (χ4v) is 5.19. The van der Waals surface area contributed by atoms with Crippen LogP contribution in [0.3, 0.4) is 0 Å². The summed E-state index contributed by atoms with van der Waals surface area (Å²) in [4.78, 5) is 37.8. The number of nitrogens with zero attached hydrogens (tertiary/aromatic N) is 3. The molecule has 34 heavy (non-hydrogen) atoms. The van der Waals surface area contributed by atoms with Gasteiger partial charge >= 0.3 is 0 Å². The highest BCUT2D eigenvalue weighted by Crippen LogP contribution is 2.43. The molecule has 1 atom stereocenters. The Balaban J connectivity index is 1.63. The number of aliphatic hydroxyl groups excluding tert-OH is 1. The van der Waals surface area contributed by atoms with Gasteiger partial charge in [-0.05, 0) is 43.2 Å². The molecule has 0 saturated heterocycles. The number of aliphatic hydroxyl groups is 1. The van der Waals surface area contributed by atoms with Crippen LogP contribution in [0.5, 0.6) is 0 Å². The number of hydrogen-bond donors (Lipinski definition) is 1. The monoisotopic (exact) mass is 467 g/mol. The smallest absolute Gasteiger partial charge is 0.294 e. The van der Waals surface area contributed by atoms with Crippen molar-refractivity contribution in [2.45, 2.75) is 19.9 Å². The van der Waals surface area contributed by atoms with Crippen molar-refractivity contribution in [2.24, 2.45) is 0 Å². The van der Waals surface area contributed by atoms with E-state index in [1.165, 1.54) is 16.2 Å². The topological polar surface area (TPSA) is 83.4 Å². The maximum atomic E-state index is 13.8. The number of benzene rings is 2. The molecule has 4 aromatic rings. The van der Waals surface area contributed by atoms with E-state index in [2.05, 4.69) is 9.97 Å². The number of amides is 1. The molecular weight excluding hydrogens is 446 g/mol. The van der Waals surface area contributed by atoms with E-state index < -0.39 is 23.5 Å². The van der Waals surface area contributed by atoms with Crippen molar-refractivity contribution < 1.29 is 14.7 Å². The van der Waals surface area contributed by atoms with Crippen LogP contribution in [0.2, 0.25) is 0 Å². The molecule has 0 saturated carbocycles. The number of carbonyl (C=O) groups is 2.